The first-order valence-corrected chi connectivity index (χ1v) is 9.47. The molecule has 76 valence electrons. The van der Waals surface area contributed by atoms with Gasteiger partial charge in [-0.15, -0.1) is 6.58 Å². The lowest BCUT2D eigenvalue weighted by Crippen LogP contribution is -2.36. The first kappa shape index (κ1) is 11.5. The van der Waals surface area contributed by atoms with E-state index in [1.165, 1.54) is 0 Å². The van der Waals surface area contributed by atoms with Gasteiger partial charge in [-0.3, -0.25) is 0 Å². The molecule has 0 aromatic heterocycles. The highest BCUT2D eigenvalue weighted by Gasteiger charge is 2.23. The van der Waals surface area contributed by atoms with Crippen LogP contribution < -0.4 is 0 Å². The molecule has 0 spiro atoms. The fourth-order valence-corrected chi connectivity index (χ4v) is 10.6. The number of rotatable bonds is 3. The minimum absolute atomic E-state index is 0.409. The van der Waals surface area contributed by atoms with E-state index in [0.29, 0.717) is 5.54 Å². The Morgan fingerprint density at radius 3 is 2.38 bits per heavy atom. The zero-order chi connectivity index (χ0) is 9.52. The van der Waals surface area contributed by atoms with E-state index in [0.717, 1.165) is 6.42 Å². The summed E-state index contributed by atoms with van der Waals surface area (Å²) in [7, 11) is -3.89. The van der Waals surface area contributed by atoms with E-state index < -0.39 is 39.3 Å². The van der Waals surface area contributed by atoms with Gasteiger partial charge < -0.3 is 16.5 Å². The maximum atomic E-state index is 5.68. The van der Waals surface area contributed by atoms with Gasteiger partial charge in [0.05, 0.1) is 0 Å². The van der Waals surface area contributed by atoms with Gasteiger partial charge in [-0.2, -0.15) is 0 Å². The molecule has 0 aromatic carbocycles. The predicted molar refractivity (Wildman–Crippen MR) is 61.4 cm³/mol. The molecule has 1 fully saturated rings. The van der Waals surface area contributed by atoms with Crippen LogP contribution in [0.4, 0.5) is 0 Å². The monoisotopic (exact) mass is 252 g/mol. The molecule has 13 heavy (non-hydrogen) atoms. The second-order valence-corrected chi connectivity index (χ2v) is 11.0. The van der Waals surface area contributed by atoms with E-state index in [2.05, 4.69) is 13.5 Å². The molecule has 1 saturated heterocycles. The molecule has 1 atom stereocenters. The first-order valence-electron chi connectivity index (χ1n) is 4.39. The second kappa shape index (κ2) is 6.84. The SMILES string of the molecule is C=CC(CC)[SiH]1O[SiH2]O[SiH2]O[SiH2]O1. The van der Waals surface area contributed by atoms with Crippen molar-refractivity contribution >= 4 is 39.3 Å². The fourth-order valence-electron chi connectivity index (χ4n) is 1.12. The molecule has 1 rings (SSSR count). The maximum Gasteiger partial charge on any atom is 0.310 e. The van der Waals surface area contributed by atoms with Crippen molar-refractivity contribution in [3.05, 3.63) is 12.7 Å². The maximum absolute atomic E-state index is 5.68. The molecule has 0 N–H and O–H groups in total. The van der Waals surface area contributed by atoms with Gasteiger partial charge in [0.1, 0.15) is 0 Å². The summed E-state index contributed by atoms with van der Waals surface area (Å²) in [6.45, 7) is 5.92. The van der Waals surface area contributed by atoms with Gasteiger partial charge in [0, 0.05) is 5.54 Å². The van der Waals surface area contributed by atoms with Gasteiger partial charge in [-0.05, 0) is 6.42 Å². The Kier molecular flexibility index (Phi) is 6.06. The third-order valence-corrected chi connectivity index (χ3v) is 9.75. The summed E-state index contributed by atoms with van der Waals surface area (Å²) in [4.78, 5) is 0. The van der Waals surface area contributed by atoms with Crippen molar-refractivity contribution in [2.24, 2.45) is 0 Å². The summed E-state index contributed by atoms with van der Waals surface area (Å²) < 4.78 is 22.0. The average molecular weight is 253 g/mol. The average Bonchev–Trinajstić information content (AvgIpc) is 2.09. The summed E-state index contributed by atoms with van der Waals surface area (Å²) in [5.74, 6) is 0. The van der Waals surface area contributed by atoms with Crippen LogP contribution in [0.15, 0.2) is 12.7 Å². The second-order valence-electron chi connectivity index (χ2n) is 2.77. The van der Waals surface area contributed by atoms with Gasteiger partial charge >= 0.3 is 9.28 Å². The topological polar surface area (TPSA) is 36.9 Å². The Balaban J connectivity index is 2.39. The minimum Gasteiger partial charge on any atom is -0.425 e. The fraction of sp³-hybridized carbons (Fsp3) is 0.600. The molecule has 8 heteroatoms. The highest BCUT2D eigenvalue weighted by molar-refractivity contribution is 6.61. The third-order valence-electron chi connectivity index (χ3n) is 1.92. The normalized spacial score (nSPS) is 32.8. The molecule has 0 aliphatic carbocycles. The van der Waals surface area contributed by atoms with Crippen LogP contribution in [0.1, 0.15) is 13.3 Å². The Morgan fingerprint density at radius 1 is 1.31 bits per heavy atom. The van der Waals surface area contributed by atoms with Crippen LogP contribution in [0.25, 0.3) is 0 Å². The van der Waals surface area contributed by atoms with E-state index in [9.17, 15) is 0 Å². The summed E-state index contributed by atoms with van der Waals surface area (Å²) in [6.07, 6.45) is 2.99. The molecule has 1 aliphatic rings. The molecule has 0 bridgehead atoms. The minimum atomic E-state index is -1.54. The van der Waals surface area contributed by atoms with E-state index >= 15 is 0 Å². The van der Waals surface area contributed by atoms with Crippen molar-refractivity contribution in [1.82, 2.24) is 0 Å². The molecule has 0 saturated carbocycles. The predicted octanol–water partition coefficient (Wildman–Crippen LogP) is -1.75. The Labute approximate surface area is 87.6 Å². The van der Waals surface area contributed by atoms with Gasteiger partial charge in [0.2, 0.25) is 0 Å². The van der Waals surface area contributed by atoms with E-state index in [-0.39, 0.29) is 0 Å². The Bertz CT molecular complexity index is 149. The first-order chi connectivity index (χ1) is 6.38. The van der Waals surface area contributed by atoms with Crippen LogP contribution in [0.2, 0.25) is 5.54 Å². The zero-order valence-electron chi connectivity index (χ0n) is 7.90. The quantitative estimate of drug-likeness (QED) is 0.441. The smallest absolute Gasteiger partial charge is 0.310 e. The number of hydrogen-bond acceptors (Lipinski definition) is 4. The van der Waals surface area contributed by atoms with Crippen LogP contribution in [-0.4, -0.2) is 39.3 Å². The van der Waals surface area contributed by atoms with Crippen molar-refractivity contribution in [3.8, 4) is 0 Å². The standard InChI is InChI=1S/C5H16O4Si4/c1-3-5(4-2)13-8-11-6-10-7-12-9-13/h3,5,13H,1,4,10-12H2,2H3. The molecule has 1 aliphatic heterocycles. The summed E-state index contributed by atoms with van der Waals surface area (Å²) in [5, 5.41) is 0. The Morgan fingerprint density at radius 2 is 1.92 bits per heavy atom. The highest BCUT2D eigenvalue weighted by atomic mass is 28.4. The lowest BCUT2D eigenvalue weighted by molar-refractivity contribution is 0.322. The lowest BCUT2D eigenvalue weighted by atomic mass is 10.3. The number of allylic oxidation sites excluding steroid dienone is 1. The summed E-state index contributed by atoms with van der Waals surface area (Å²) in [5.41, 5.74) is 0.409. The molecule has 4 nitrogen and oxygen atoms in total. The van der Waals surface area contributed by atoms with Crippen LogP contribution >= 0.6 is 0 Å². The Hall–Kier alpha value is 0.448. The van der Waals surface area contributed by atoms with E-state index in [1.807, 2.05) is 6.08 Å². The molecule has 0 radical (unpaired) electrons. The van der Waals surface area contributed by atoms with Crippen LogP contribution in [0.3, 0.4) is 0 Å². The molecule has 1 unspecified atom stereocenters. The van der Waals surface area contributed by atoms with Crippen molar-refractivity contribution < 1.29 is 16.5 Å². The number of hydrogen-bond donors (Lipinski definition) is 0. The van der Waals surface area contributed by atoms with E-state index in [1.54, 1.807) is 0 Å². The van der Waals surface area contributed by atoms with Gasteiger partial charge in [0.25, 0.3) is 30.0 Å². The molecule has 1 heterocycles. The van der Waals surface area contributed by atoms with Crippen molar-refractivity contribution in [2.45, 2.75) is 18.9 Å². The largest absolute Gasteiger partial charge is 0.425 e. The van der Waals surface area contributed by atoms with Gasteiger partial charge in [0.15, 0.2) is 0 Å². The van der Waals surface area contributed by atoms with Gasteiger partial charge in [-0.25, -0.2) is 0 Å². The highest BCUT2D eigenvalue weighted by Crippen LogP contribution is 2.17. The zero-order valence-corrected chi connectivity index (χ0v) is 13.3. The van der Waals surface area contributed by atoms with Crippen molar-refractivity contribution in [2.75, 3.05) is 0 Å². The van der Waals surface area contributed by atoms with Crippen LogP contribution in [0, 0.1) is 0 Å². The van der Waals surface area contributed by atoms with Crippen molar-refractivity contribution in [3.63, 3.8) is 0 Å². The van der Waals surface area contributed by atoms with Crippen molar-refractivity contribution in [1.29, 1.82) is 0 Å². The lowest BCUT2D eigenvalue weighted by Gasteiger charge is -2.24. The van der Waals surface area contributed by atoms with Crippen LogP contribution in [0.5, 0.6) is 0 Å². The van der Waals surface area contributed by atoms with E-state index in [4.69, 9.17) is 16.5 Å². The van der Waals surface area contributed by atoms with Crippen LogP contribution in [-0.2, 0) is 16.5 Å². The summed E-state index contributed by atoms with van der Waals surface area (Å²) in [6, 6.07) is 0. The summed E-state index contributed by atoms with van der Waals surface area (Å²) >= 11 is 0. The van der Waals surface area contributed by atoms with Gasteiger partial charge in [-0.1, -0.05) is 13.0 Å². The molecule has 0 amide bonds. The molecule has 0 aromatic rings. The third kappa shape index (κ3) is 3.99. The molecular formula is C5H16O4Si4. The molecular weight excluding hydrogens is 236 g/mol.